The van der Waals surface area contributed by atoms with E-state index in [0.29, 0.717) is 23.7 Å². The molecule has 0 bridgehead atoms. The third-order valence-electron chi connectivity index (χ3n) is 4.57. The van der Waals surface area contributed by atoms with Gasteiger partial charge in [-0.05, 0) is 37.6 Å². The van der Waals surface area contributed by atoms with Gasteiger partial charge in [-0.3, -0.25) is 19.5 Å². The zero-order valence-electron chi connectivity index (χ0n) is 15.0. The van der Waals surface area contributed by atoms with Gasteiger partial charge in [0.15, 0.2) is 0 Å². The van der Waals surface area contributed by atoms with Crippen LogP contribution in [0.2, 0.25) is 0 Å². The second-order valence-corrected chi connectivity index (χ2v) is 6.43. The SMILES string of the molecule is CCN(CC(=O)O)C1CC(NC(=O)c2cccc(Oc3cnccn3)c2)C1. The van der Waals surface area contributed by atoms with Gasteiger partial charge in [0.05, 0.1) is 12.7 Å². The van der Waals surface area contributed by atoms with E-state index in [1.165, 1.54) is 12.4 Å². The van der Waals surface area contributed by atoms with Crippen molar-refractivity contribution in [2.45, 2.75) is 31.8 Å². The van der Waals surface area contributed by atoms with Crippen LogP contribution in [-0.2, 0) is 4.79 Å². The molecule has 2 N–H and O–H groups in total. The van der Waals surface area contributed by atoms with E-state index in [2.05, 4.69) is 15.3 Å². The molecule has 1 fully saturated rings. The van der Waals surface area contributed by atoms with Gasteiger partial charge in [0.25, 0.3) is 5.91 Å². The Balaban J connectivity index is 1.53. The van der Waals surface area contributed by atoms with Gasteiger partial charge >= 0.3 is 5.97 Å². The number of ether oxygens (including phenoxy) is 1. The Morgan fingerprint density at radius 1 is 1.33 bits per heavy atom. The molecule has 142 valence electrons. The van der Waals surface area contributed by atoms with Crippen molar-refractivity contribution in [1.82, 2.24) is 20.2 Å². The number of aliphatic carboxylic acids is 1. The topological polar surface area (TPSA) is 105 Å². The normalized spacial score (nSPS) is 18.6. The number of benzene rings is 1. The van der Waals surface area contributed by atoms with E-state index in [4.69, 9.17) is 9.84 Å². The summed E-state index contributed by atoms with van der Waals surface area (Å²) in [4.78, 5) is 33.3. The third kappa shape index (κ3) is 5.01. The number of nitrogens with one attached hydrogen (secondary N) is 1. The Kier molecular flexibility index (Phi) is 5.97. The molecule has 1 aliphatic carbocycles. The number of hydrogen-bond donors (Lipinski definition) is 2. The molecule has 3 rings (SSSR count). The van der Waals surface area contributed by atoms with Gasteiger partial charge in [-0.25, -0.2) is 4.98 Å². The highest BCUT2D eigenvalue weighted by Crippen LogP contribution is 2.26. The molecule has 8 nitrogen and oxygen atoms in total. The van der Waals surface area contributed by atoms with Crippen molar-refractivity contribution in [2.24, 2.45) is 0 Å². The molecule has 8 heteroatoms. The molecule has 0 saturated heterocycles. The standard InChI is InChI=1S/C19H22N4O4/c1-2-23(12-18(24)25)15-9-14(10-15)22-19(26)13-4-3-5-16(8-13)27-17-11-20-6-7-21-17/h3-8,11,14-15H,2,9-10,12H2,1H3,(H,22,26)(H,24,25). The lowest BCUT2D eigenvalue weighted by Crippen LogP contribution is -2.54. The van der Waals surface area contributed by atoms with Crippen molar-refractivity contribution >= 4 is 11.9 Å². The molecule has 1 aromatic carbocycles. The van der Waals surface area contributed by atoms with E-state index in [1.807, 2.05) is 11.8 Å². The molecular formula is C19H22N4O4. The molecule has 0 unspecified atom stereocenters. The number of carboxylic acid groups (broad SMARTS) is 1. The second-order valence-electron chi connectivity index (χ2n) is 6.43. The highest BCUT2D eigenvalue weighted by Gasteiger charge is 2.34. The maximum absolute atomic E-state index is 12.5. The van der Waals surface area contributed by atoms with E-state index in [0.717, 1.165) is 12.8 Å². The number of nitrogens with zero attached hydrogens (tertiary/aromatic N) is 3. The quantitative estimate of drug-likeness (QED) is 0.731. The molecule has 0 aliphatic heterocycles. The number of carbonyl (C=O) groups is 2. The predicted molar refractivity (Wildman–Crippen MR) is 97.7 cm³/mol. The van der Waals surface area contributed by atoms with Crippen LogP contribution in [-0.4, -0.2) is 57.0 Å². The van der Waals surface area contributed by atoms with E-state index in [1.54, 1.807) is 30.5 Å². The van der Waals surface area contributed by atoms with E-state index in [9.17, 15) is 9.59 Å². The van der Waals surface area contributed by atoms with Crippen molar-refractivity contribution in [2.75, 3.05) is 13.1 Å². The molecule has 1 aliphatic rings. The summed E-state index contributed by atoms with van der Waals surface area (Å²) in [5, 5.41) is 11.9. The molecule has 1 aromatic heterocycles. The predicted octanol–water partition coefficient (Wildman–Crippen LogP) is 1.94. The van der Waals surface area contributed by atoms with Gasteiger partial charge in [0, 0.05) is 30.0 Å². The Labute approximate surface area is 157 Å². The van der Waals surface area contributed by atoms with Crippen LogP contribution in [0.15, 0.2) is 42.9 Å². The zero-order valence-corrected chi connectivity index (χ0v) is 15.0. The summed E-state index contributed by atoms with van der Waals surface area (Å²) in [6.07, 6.45) is 6.09. The Morgan fingerprint density at radius 2 is 2.15 bits per heavy atom. The van der Waals surface area contributed by atoms with Crippen molar-refractivity contribution in [3.8, 4) is 11.6 Å². The molecule has 1 heterocycles. The lowest BCUT2D eigenvalue weighted by Gasteiger charge is -2.42. The maximum Gasteiger partial charge on any atom is 0.317 e. The third-order valence-corrected chi connectivity index (χ3v) is 4.57. The van der Waals surface area contributed by atoms with E-state index >= 15 is 0 Å². The average Bonchev–Trinajstić information content (AvgIpc) is 2.63. The van der Waals surface area contributed by atoms with Crippen molar-refractivity contribution in [3.63, 3.8) is 0 Å². The van der Waals surface area contributed by atoms with E-state index < -0.39 is 5.97 Å². The smallest absolute Gasteiger partial charge is 0.317 e. The fourth-order valence-corrected chi connectivity index (χ4v) is 3.11. The number of aromatic nitrogens is 2. The Bertz CT molecular complexity index is 793. The molecule has 1 saturated carbocycles. The second kappa shape index (κ2) is 8.59. The molecule has 0 atom stereocenters. The lowest BCUT2D eigenvalue weighted by atomic mass is 9.85. The summed E-state index contributed by atoms with van der Waals surface area (Å²) in [6, 6.07) is 7.12. The molecule has 0 radical (unpaired) electrons. The number of likely N-dealkylation sites (N-methyl/N-ethyl adjacent to an activating group) is 1. The van der Waals surface area contributed by atoms with Crippen LogP contribution in [0, 0.1) is 0 Å². The van der Waals surface area contributed by atoms with Gasteiger partial charge in [-0.15, -0.1) is 0 Å². The van der Waals surface area contributed by atoms with Crippen molar-refractivity contribution in [1.29, 1.82) is 0 Å². The van der Waals surface area contributed by atoms with Crippen molar-refractivity contribution in [3.05, 3.63) is 48.4 Å². The lowest BCUT2D eigenvalue weighted by molar-refractivity contribution is -0.139. The molecular weight excluding hydrogens is 348 g/mol. The number of carbonyl (C=O) groups excluding carboxylic acids is 1. The van der Waals surface area contributed by atoms with Crippen LogP contribution >= 0.6 is 0 Å². The highest BCUT2D eigenvalue weighted by molar-refractivity contribution is 5.94. The minimum Gasteiger partial charge on any atom is -0.480 e. The summed E-state index contributed by atoms with van der Waals surface area (Å²) in [5.74, 6) is -0.142. The monoisotopic (exact) mass is 370 g/mol. The largest absolute Gasteiger partial charge is 0.480 e. The maximum atomic E-state index is 12.5. The first-order chi connectivity index (χ1) is 13.0. The number of rotatable bonds is 8. The van der Waals surface area contributed by atoms with Crippen LogP contribution in [0.4, 0.5) is 0 Å². The number of carboxylic acids is 1. The first-order valence-electron chi connectivity index (χ1n) is 8.85. The van der Waals surface area contributed by atoms with Crippen LogP contribution in [0.5, 0.6) is 11.6 Å². The van der Waals surface area contributed by atoms with Crippen LogP contribution in [0.25, 0.3) is 0 Å². The van der Waals surface area contributed by atoms with Crippen molar-refractivity contribution < 1.29 is 19.4 Å². The van der Waals surface area contributed by atoms with Gasteiger partial charge in [-0.1, -0.05) is 13.0 Å². The van der Waals surface area contributed by atoms with Gasteiger partial charge < -0.3 is 15.2 Å². The minimum atomic E-state index is -0.829. The first kappa shape index (κ1) is 18.8. The molecule has 27 heavy (non-hydrogen) atoms. The molecule has 1 amide bonds. The van der Waals surface area contributed by atoms with Gasteiger partial charge in [-0.2, -0.15) is 0 Å². The summed E-state index contributed by atoms with van der Waals surface area (Å²) >= 11 is 0. The molecule has 2 aromatic rings. The Hall–Kier alpha value is -3.00. The minimum absolute atomic E-state index is 0.0313. The van der Waals surface area contributed by atoms with Gasteiger partial charge in [0.1, 0.15) is 5.75 Å². The summed E-state index contributed by atoms with van der Waals surface area (Å²) < 4.78 is 5.60. The Morgan fingerprint density at radius 3 is 2.81 bits per heavy atom. The average molecular weight is 370 g/mol. The highest BCUT2D eigenvalue weighted by atomic mass is 16.5. The van der Waals surface area contributed by atoms with Crippen LogP contribution in [0.3, 0.4) is 0 Å². The fraction of sp³-hybridized carbons (Fsp3) is 0.368. The summed E-state index contributed by atoms with van der Waals surface area (Å²) in [7, 11) is 0. The molecule has 0 spiro atoms. The summed E-state index contributed by atoms with van der Waals surface area (Å²) in [5.41, 5.74) is 0.498. The van der Waals surface area contributed by atoms with Crippen LogP contribution < -0.4 is 10.1 Å². The van der Waals surface area contributed by atoms with Crippen LogP contribution in [0.1, 0.15) is 30.1 Å². The zero-order chi connectivity index (χ0) is 19.2. The van der Waals surface area contributed by atoms with Gasteiger partial charge in [0.2, 0.25) is 5.88 Å². The van der Waals surface area contributed by atoms with E-state index in [-0.39, 0.29) is 24.5 Å². The summed E-state index contributed by atoms with van der Waals surface area (Å²) in [6.45, 7) is 2.65. The number of hydrogen-bond acceptors (Lipinski definition) is 6. The number of amides is 1. The first-order valence-corrected chi connectivity index (χ1v) is 8.85. The fourth-order valence-electron chi connectivity index (χ4n) is 3.11.